The van der Waals surface area contributed by atoms with Crippen LogP contribution in [-0.2, 0) is 6.61 Å². The minimum Gasteiger partial charge on any atom is -0.486 e. The summed E-state index contributed by atoms with van der Waals surface area (Å²) in [6, 6.07) is 7.86. The lowest BCUT2D eigenvalue weighted by Gasteiger charge is -2.09. The first-order chi connectivity index (χ1) is 9.47. The van der Waals surface area contributed by atoms with Crippen molar-refractivity contribution in [2.75, 3.05) is 0 Å². The van der Waals surface area contributed by atoms with Gasteiger partial charge >= 0.3 is 0 Å². The summed E-state index contributed by atoms with van der Waals surface area (Å²) in [6.45, 7) is 0.00938. The Balaban J connectivity index is 2.13. The lowest BCUT2D eigenvalue weighted by atomic mass is 10.2. The van der Waals surface area contributed by atoms with Crippen molar-refractivity contribution < 1.29 is 13.5 Å². The highest BCUT2D eigenvalue weighted by Crippen LogP contribution is 2.22. The average molecular weight is 297 g/mol. The molecule has 104 valence electrons. The standard InChI is InChI=1S/C14H11ClF2N2O/c15-11-6-10(16)3-1-9(11)7-20-13-4-2-8(14(18)19)5-12(13)17/h1-6H,7H2,(H3,18,19). The lowest BCUT2D eigenvalue weighted by Crippen LogP contribution is -2.11. The maximum atomic E-state index is 13.7. The molecule has 20 heavy (non-hydrogen) atoms. The molecular formula is C14H11ClF2N2O. The molecule has 0 fully saturated rings. The number of nitrogen functional groups attached to an aromatic ring is 1. The molecule has 0 spiro atoms. The Labute approximate surface area is 119 Å². The number of rotatable bonds is 4. The zero-order valence-corrected chi connectivity index (χ0v) is 11.0. The van der Waals surface area contributed by atoms with Gasteiger partial charge in [-0.05, 0) is 30.3 Å². The second-order valence-corrected chi connectivity index (χ2v) is 4.49. The third-order valence-corrected chi connectivity index (χ3v) is 2.99. The predicted molar refractivity (Wildman–Crippen MR) is 73.2 cm³/mol. The van der Waals surface area contributed by atoms with E-state index in [-0.39, 0.29) is 28.8 Å². The molecule has 2 aromatic carbocycles. The molecule has 0 bridgehead atoms. The van der Waals surface area contributed by atoms with E-state index >= 15 is 0 Å². The quantitative estimate of drug-likeness (QED) is 0.670. The third-order valence-electron chi connectivity index (χ3n) is 2.64. The van der Waals surface area contributed by atoms with Gasteiger partial charge in [0.25, 0.3) is 0 Å². The van der Waals surface area contributed by atoms with E-state index in [0.29, 0.717) is 5.56 Å². The van der Waals surface area contributed by atoms with Crippen LogP contribution in [0, 0.1) is 17.0 Å². The van der Waals surface area contributed by atoms with E-state index in [2.05, 4.69) is 0 Å². The van der Waals surface area contributed by atoms with Gasteiger partial charge in [0.15, 0.2) is 11.6 Å². The van der Waals surface area contributed by atoms with Crippen LogP contribution in [0.3, 0.4) is 0 Å². The fourth-order valence-corrected chi connectivity index (χ4v) is 1.80. The second kappa shape index (κ2) is 5.88. The molecule has 0 unspecified atom stereocenters. The van der Waals surface area contributed by atoms with Crippen LogP contribution in [0.15, 0.2) is 36.4 Å². The molecule has 0 radical (unpaired) electrons. The Kier molecular flexibility index (Phi) is 4.20. The summed E-state index contributed by atoms with van der Waals surface area (Å²) in [4.78, 5) is 0. The van der Waals surface area contributed by atoms with E-state index < -0.39 is 11.6 Å². The Morgan fingerprint density at radius 2 is 1.95 bits per heavy atom. The monoisotopic (exact) mass is 296 g/mol. The highest BCUT2D eigenvalue weighted by atomic mass is 35.5. The smallest absolute Gasteiger partial charge is 0.165 e. The maximum Gasteiger partial charge on any atom is 0.165 e. The van der Waals surface area contributed by atoms with Gasteiger partial charge in [0, 0.05) is 11.1 Å². The molecule has 6 heteroatoms. The largest absolute Gasteiger partial charge is 0.486 e. The van der Waals surface area contributed by atoms with Crippen LogP contribution in [0.2, 0.25) is 5.02 Å². The highest BCUT2D eigenvalue weighted by Gasteiger charge is 2.08. The Bertz CT molecular complexity index is 662. The van der Waals surface area contributed by atoms with Crippen LogP contribution in [0.25, 0.3) is 0 Å². The van der Waals surface area contributed by atoms with Crippen LogP contribution >= 0.6 is 11.6 Å². The number of hydrogen-bond acceptors (Lipinski definition) is 2. The van der Waals surface area contributed by atoms with Crippen LogP contribution in [0.5, 0.6) is 5.75 Å². The van der Waals surface area contributed by atoms with Crippen molar-refractivity contribution in [1.29, 1.82) is 5.41 Å². The summed E-state index contributed by atoms with van der Waals surface area (Å²) in [5.41, 5.74) is 6.07. The van der Waals surface area contributed by atoms with Gasteiger partial charge in [-0.1, -0.05) is 17.7 Å². The first kappa shape index (κ1) is 14.3. The normalized spacial score (nSPS) is 10.3. The van der Waals surface area contributed by atoms with Crippen molar-refractivity contribution in [1.82, 2.24) is 0 Å². The molecule has 0 atom stereocenters. The number of nitrogens with two attached hydrogens (primary N) is 1. The zero-order chi connectivity index (χ0) is 14.7. The van der Waals surface area contributed by atoms with Gasteiger partial charge in [-0.15, -0.1) is 0 Å². The van der Waals surface area contributed by atoms with E-state index in [9.17, 15) is 8.78 Å². The summed E-state index contributed by atoms with van der Waals surface area (Å²) in [5, 5.41) is 7.42. The van der Waals surface area contributed by atoms with E-state index in [0.717, 1.165) is 12.1 Å². The van der Waals surface area contributed by atoms with Gasteiger partial charge in [0.05, 0.1) is 5.02 Å². The lowest BCUT2D eigenvalue weighted by molar-refractivity contribution is 0.290. The minimum atomic E-state index is -0.629. The molecular weight excluding hydrogens is 286 g/mol. The highest BCUT2D eigenvalue weighted by molar-refractivity contribution is 6.31. The van der Waals surface area contributed by atoms with Gasteiger partial charge in [0.2, 0.25) is 0 Å². The summed E-state index contributed by atoms with van der Waals surface area (Å²) in [6.07, 6.45) is 0. The summed E-state index contributed by atoms with van der Waals surface area (Å²) in [7, 11) is 0. The fourth-order valence-electron chi connectivity index (χ4n) is 1.58. The first-order valence-electron chi connectivity index (χ1n) is 5.68. The zero-order valence-electron chi connectivity index (χ0n) is 10.3. The predicted octanol–water partition coefficient (Wildman–Crippen LogP) is 3.48. The van der Waals surface area contributed by atoms with Crippen LogP contribution < -0.4 is 10.5 Å². The molecule has 0 aliphatic carbocycles. The Morgan fingerprint density at radius 1 is 1.20 bits per heavy atom. The van der Waals surface area contributed by atoms with E-state index in [4.69, 9.17) is 27.5 Å². The molecule has 0 aromatic heterocycles. The Morgan fingerprint density at radius 3 is 2.55 bits per heavy atom. The van der Waals surface area contributed by atoms with Crippen molar-refractivity contribution in [3.63, 3.8) is 0 Å². The van der Waals surface area contributed by atoms with E-state index in [1.807, 2.05) is 0 Å². The van der Waals surface area contributed by atoms with Crippen molar-refractivity contribution >= 4 is 17.4 Å². The molecule has 2 aromatic rings. The minimum absolute atomic E-state index is 0.00938. The summed E-state index contributed by atoms with van der Waals surface area (Å²) < 4.78 is 31.9. The van der Waals surface area contributed by atoms with Gasteiger partial charge in [-0.2, -0.15) is 0 Å². The fraction of sp³-hybridized carbons (Fsp3) is 0.0714. The number of halogens is 3. The van der Waals surface area contributed by atoms with Crippen molar-refractivity contribution in [3.05, 3.63) is 64.2 Å². The third kappa shape index (κ3) is 3.24. The molecule has 0 saturated carbocycles. The van der Waals surface area contributed by atoms with Gasteiger partial charge < -0.3 is 10.5 Å². The summed E-state index contributed by atoms with van der Waals surface area (Å²) >= 11 is 5.84. The second-order valence-electron chi connectivity index (χ2n) is 4.08. The number of nitrogens with one attached hydrogen (secondary N) is 1. The molecule has 0 saturated heterocycles. The van der Waals surface area contributed by atoms with E-state index in [1.165, 1.54) is 24.3 Å². The number of hydrogen-bond donors (Lipinski definition) is 2. The van der Waals surface area contributed by atoms with Gasteiger partial charge in [-0.3, -0.25) is 5.41 Å². The SMILES string of the molecule is N=C(N)c1ccc(OCc2ccc(F)cc2Cl)c(F)c1. The molecule has 3 nitrogen and oxygen atoms in total. The molecule has 0 aliphatic rings. The van der Waals surface area contributed by atoms with Crippen LogP contribution in [0.1, 0.15) is 11.1 Å². The molecule has 0 amide bonds. The van der Waals surface area contributed by atoms with Crippen LogP contribution in [-0.4, -0.2) is 5.84 Å². The van der Waals surface area contributed by atoms with Crippen molar-refractivity contribution in [2.24, 2.45) is 5.73 Å². The Hall–Kier alpha value is -2.14. The first-order valence-corrected chi connectivity index (χ1v) is 6.06. The number of benzene rings is 2. The number of ether oxygens (including phenoxy) is 1. The molecule has 0 aliphatic heterocycles. The van der Waals surface area contributed by atoms with E-state index in [1.54, 1.807) is 0 Å². The van der Waals surface area contributed by atoms with Gasteiger partial charge in [-0.25, -0.2) is 8.78 Å². The molecule has 2 rings (SSSR count). The van der Waals surface area contributed by atoms with Crippen molar-refractivity contribution in [2.45, 2.75) is 6.61 Å². The topological polar surface area (TPSA) is 59.1 Å². The molecule has 3 N–H and O–H groups in total. The average Bonchev–Trinajstić information content (AvgIpc) is 2.38. The molecule has 0 heterocycles. The maximum absolute atomic E-state index is 13.7. The van der Waals surface area contributed by atoms with Gasteiger partial charge in [0.1, 0.15) is 18.3 Å². The summed E-state index contributed by atoms with van der Waals surface area (Å²) in [5.74, 6) is -1.29. The van der Waals surface area contributed by atoms with Crippen LogP contribution in [0.4, 0.5) is 8.78 Å². The number of amidine groups is 1. The van der Waals surface area contributed by atoms with Crippen molar-refractivity contribution in [3.8, 4) is 5.75 Å².